The van der Waals surface area contributed by atoms with Crippen molar-refractivity contribution in [2.45, 2.75) is 25.7 Å². The normalized spacial score (nSPS) is 16.9. The average molecular weight is 372 g/mol. The number of hydrogen-bond acceptors (Lipinski definition) is 3. The number of nitrogens with zero attached hydrogens (tertiary/aromatic N) is 2. The number of benzene rings is 2. The van der Waals surface area contributed by atoms with Crippen LogP contribution in [0.15, 0.2) is 66.7 Å². The zero-order valence-corrected chi connectivity index (χ0v) is 15.9. The van der Waals surface area contributed by atoms with E-state index in [0.717, 1.165) is 30.2 Å². The van der Waals surface area contributed by atoms with Crippen molar-refractivity contribution in [3.8, 4) is 0 Å². The molecule has 0 saturated carbocycles. The van der Waals surface area contributed by atoms with Crippen molar-refractivity contribution in [3.05, 3.63) is 78.0 Å². The fraction of sp³-hybridized carbons (Fsp3) is 0.292. The number of piperidine rings is 1. The molecule has 1 amide bonds. The van der Waals surface area contributed by atoms with Gasteiger partial charge in [-0.3, -0.25) is 9.59 Å². The molecule has 1 atom stereocenters. The third-order valence-corrected chi connectivity index (χ3v) is 5.48. The first kappa shape index (κ1) is 18.4. The summed E-state index contributed by atoms with van der Waals surface area (Å²) in [5.41, 5.74) is 2.46. The zero-order chi connectivity index (χ0) is 19.3. The Balaban J connectivity index is 1.40. The highest BCUT2D eigenvalue weighted by Crippen LogP contribution is 2.22. The number of hydrogen-bond donors (Lipinski definition) is 0. The second-order valence-corrected chi connectivity index (χ2v) is 7.43. The van der Waals surface area contributed by atoms with E-state index in [1.54, 1.807) is 11.0 Å². The number of aryl methyl sites for hydroxylation is 1. The molecule has 1 aromatic heterocycles. The van der Waals surface area contributed by atoms with E-state index in [0.29, 0.717) is 25.2 Å². The van der Waals surface area contributed by atoms with Crippen LogP contribution in [0.1, 0.15) is 35.3 Å². The fourth-order valence-corrected chi connectivity index (χ4v) is 3.89. The van der Waals surface area contributed by atoms with Crippen LogP contribution in [0.4, 0.5) is 0 Å². The van der Waals surface area contributed by atoms with E-state index >= 15 is 0 Å². The number of pyridine rings is 1. The SMILES string of the molecule is O=C(CCc1ccccc1)[C@@H]1CCCN(C(=O)c2ccc3ccccc3n2)C1. The third-order valence-electron chi connectivity index (χ3n) is 5.48. The Hall–Kier alpha value is -3.01. The number of carbonyl (C=O) groups is 2. The third kappa shape index (κ3) is 4.11. The molecular formula is C24H24N2O2. The molecule has 1 aliphatic heterocycles. The fourth-order valence-electron chi connectivity index (χ4n) is 3.89. The molecule has 1 saturated heterocycles. The Bertz CT molecular complexity index is 984. The van der Waals surface area contributed by atoms with E-state index in [1.165, 1.54) is 5.56 Å². The summed E-state index contributed by atoms with van der Waals surface area (Å²) in [6, 6.07) is 21.6. The van der Waals surface area contributed by atoms with E-state index < -0.39 is 0 Å². The number of Topliss-reactive ketones (excluding diaryl/α,β-unsaturated/α-hetero) is 1. The standard InChI is InChI=1S/C24H24N2O2/c27-23(15-12-18-7-2-1-3-8-18)20-10-6-16-26(17-20)24(28)22-14-13-19-9-4-5-11-21(19)25-22/h1-5,7-9,11,13-14,20H,6,10,12,15-17H2/t20-/m1/s1. The molecule has 0 bridgehead atoms. The maximum atomic E-state index is 12.9. The van der Waals surface area contributed by atoms with Gasteiger partial charge in [0.2, 0.25) is 0 Å². The van der Waals surface area contributed by atoms with E-state index in [2.05, 4.69) is 17.1 Å². The van der Waals surface area contributed by atoms with E-state index in [9.17, 15) is 9.59 Å². The summed E-state index contributed by atoms with van der Waals surface area (Å²) in [4.78, 5) is 32.0. The Morgan fingerprint density at radius 3 is 2.61 bits per heavy atom. The van der Waals surface area contributed by atoms with Crippen LogP contribution in [0.5, 0.6) is 0 Å². The number of carbonyl (C=O) groups excluding carboxylic acids is 2. The summed E-state index contributed by atoms with van der Waals surface area (Å²) in [7, 11) is 0. The molecule has 2 aromatic carbocycles. The summed E-state index contributed by atoms with van der Waals surface area (Å²) < 4.78 is 0. The Kier molecular flexibility index (Phi) is 5.47. The van der Waals surface area contributed by atoms with Gasteiger partial charge in [0.25, 0.3) is 5.91 Å². The predicted octanol–water partition coefficient (Wildman–Crippen LogP) is 4.29. The van der Waals surface area contributed by atoms with Gasteiger partial charge in [0.1, 0.15) is 11.5 Å². The second kappa shape index (κ2) is 8.34. The lowest BCUT2D eigenvalue weighted by Crippen LogP contribution is -2.42. The van der Waals surface area contributed by atoms with Crippen LogP contribution in [-0.4, -0.2) is 34.7 Å². The molecule has 28 heavy (non-hydrogen) atoms. The summed E-state index contributed by atoms with van der Waals surface area (Å²) in [6.07, 6.45) is 3.02. The van der Waals surface area contributed by atoms with Gasteiger partial charge in [0.15, 0.2) is 0 Å². The number of amides is 1. The van der Waals surface area contributed by atoms with Crippen LogP contribution in [-0.2, 0) is 11.2 Å². The number of aromatic nitrogens is 1. The van der Waals surface area contributed by atoms with Crippen LogP contribution >= 0.6 is 0 Å². The van der Waals surface area contributed by atoms with Crippen molar-refractivity contribution >= 4 is 22.6 Å². The molecule has 4 heteroatoms. The van der Waals surface area contributed by atoms with Gasteiger partial charge < -0.3 is 4.90 Å². The number of ketones is 1. The highest BCUT2D eigenvalue weighted by molar-refractivity contribution is 5.95. The second-order valence-electron chi connectivity index (χ2n) is 7.43. The topological polar surface area (TPSA) is 50.3 Å². The summed E-state index contributed by atoms with van der Waals surface area (Å²) in [6.45, 7) is 1.19. The summed E-state index contributed by atoms with van der Waals surface area (Å²) in [5.74, 6) is 0.112. The number of rotatable bonds is 5. The van der Waals surface area contributed by atoms with Gasteiger partial charge in [-0.05, 0) is 37.0 Å². The molecule has 0 unspecified atom stereocenters. The van der Waals surface area contributed by atoms with Gasteiger partial charge in [-0.15, -0.1) is 0 Å². The summed E-state index contributed by atoms with van der Waals surface area (Å²) in [5, 5.41) is 1.02. The lowest BCUT2D eigenvalue weighted by atomic mass is 9.90. The molecule has 4 rings (SSSR count). The van der Waals surface area contributed by atoms with Gasteiger partial charge >= 0.3 is 0 Å². The Morgan fingerprint density at radius 2 is 1.75 bits per heavy atom. The largest absolute Gasteiger partial charge is 0.337 e. The minimum atomic E-state index is -0.0775. The predicted molar refractivity (Wildman–Crippen MR) is 110 cm³/mol. The van der Waals surface area contributed by atoms with Crippen molar-refractivity contribution < 1.29 is 9.59 Å². The minimum absolute atomic E-state index is 0.0677. The molecule has 0 aliphatic carbocycles. The van der Waals surface area contributed by atoms with E-state index in [4.69, 9.17) is 0 Å². The van der Waals surface area contributed by atoms with Crippen LogP contribution in [0.2, 0.25) is 0 Å². The van der Waals surface area contributed by atoms with E-state index in [1.807, 2.05) is 48.5 Å². The van der Waals surface area contributed by atoms with Crippen LogP contribution in [0.3, 0.4) is 0 Å². The van der Waals surface area contributed by atoms with Crippen LogP contribution in [0.25, 0.3) is 10.9 Å². The van der Waals surface area contributed by atoms with Crippen LogP contribution < -0.4 is 0 Å². The molecule has 3 aromatic rings. The first-order valence-electron chi connectivity index (χ1n) is 9.92. The van der Waals surface area contributed by atoms with Gasteiger partial charge in [0.05, 0.1) is 5.52 Å². The lowest BCUT2D eigenvalue weighted by Gasteiger charge is -2.32. The highest BCUT2D eigenvalue weighted by atomic mass is 16.2. The number of fused-ring (bicyclic) bond motifs is 1. The van der Waals surface area contributed by atoms with Crippen molar-refractivity contribution in [2.24, 2.45) is 5.92 Å². The monoisotopic (exact) mass is 372 g/mol. The average Bonchev–Trinajstić information content (AvgIpc) is 2.77. The Morgan fingerprint density at radius 1 is 0.964 bits per heavy atom. The minimum Gasteiger partial charge on any atom is -0.337 e. The molecule has 1 fully saturated rings. The zero-order valence-electron chi connectivity index (χ0n) is 15.9. The van der Waals surface area contributed by atoms with Gasteiger partial charge in [-0.1, -0.05) is 54.6 Å². The summed E-state index contributed by atoms with van der Waals surface area (Å²) >= 11 is 0. The first-order chi connectivity index (χ1) is 13.7. The van der Waals surface area contributed by atoms with Crippen molar-refractivity contribution in [3.63, 3.8) is 0 Å². The molecule has 0 spiro atoms. The lowest BCUT2D eigenvalue weighted by molar-refractivity contribution is -0.124. The molecule has 2 heterocycles. The smallest absolute Gasteiger partial charge is 0.272 e. The molecule has 1 aliphatic rings. The number of para-hydroxylation sites is 1. The number of likely N-dealkylation sites (tertiary alicyclic amines) is 1. The highest BCUT2D eigenvalue weighted by Gasteiger charge is 2.29. The van der Waals surface area contributed by atoms with Crippen molar-refractivity contribution in [1.29, 1.82) is 0 Å². The Labute approximate surface area is 165 Å². The molecule has 0 N–H and O–H groups in total. The van der Waals surface area contributed by atoms with Gasteiger partial charge in [0, 0.05) is 30.8 Å². The first-order valence-corrected chi connectivity index (χ1v) is 9.92. The maximum Gasteiger partial charge on any atom is 0.272 e. The molecule has 142 valence electrons. The van der Waals surface area contributed by atoms with Crippen molar-refractivity contribution in [2.75, 3.05) is 13.1 Å². The molecular weight excluding hydrogens is 348 g/mol. The quantitative estimate of drug-likeness (QED) is 0.671. The van der Waals surface area contributed by atoms with Crippen LogP contribution in [0, 0.1) is 5.92 Å². The maximum absolute atomic E-state index is 12.9. The van der Waals surface area contributed by atoms with Crippen molar-refractivity contribution in [1.82, 2.24) is 9.88 Å². The van der Waals surface area contributed by atoms with Gasteiger partial charge in [-0.25, -0.2) is 4.98 Å². The molecule has 0 radical (unpaired) electrons. The van der Waals surface area contributed by atoms with Gasteiger partial charge in [-0.2, -0.15) is 0 Å². The van der Waals surface area contributed by atoms with E-state index in [-0.39, 0.29) is 17.6 Å². The molecule has 4 nitrogen and oxygen atoms in total.